The van der Waals surface area contributed by atoms with Gasteiger partial charge in [0.1, 0.15) is 5.75 Å². The third-order valence-corrected chi connectivity index (χ3v) is 6.75. The van der Waals surface area contributed by atoms with Crippen molar-refractivity contribution in [3.8, 4) is 22.8 Å². The van der Waals surface area contributed by atoms with E-state index in [1.807, 2.05) is 60.0 Å². The number of hydrogen-bond donors (Lipinski definition) is 1. The number of carbonyl (C=O) groups is 1. The number of carbonyl (C=O) groups excluding carboxylic acids is 1. The summed E-state index contributed by atoms with van der Waals surface area (Å²) in [6, 6.07) is 20.7. The predicted molar refractivity (Wildman–Crippen MR) is 146 cm³/mol. The number of thioether (sulfide) groups is 1. The molecule has 0 aliphatic carbocycles. The fraction of sp³-hybridized carbons (Fsp3) is 0.154. The molecule has 1 heterocycles. The maximum Gasteiger partial charge on any atom is 0.250 e. The van der Waals surface area contributed by atoms with Crippen molar-refractivity contribution in [1.82, 2.24) is 20.2 Å². The molecule has 0 radical (unpaired) electrons. The van der Waals surface area contributed by atoms with Crippen LogP contribution in [0.2, 0.25) is 10.0 Å². The van der Waals surface area contributed by atoms with E-state index in [9.17, 15) is 4.79 Å². The summed E-state index contributed by atoms with van der Waals surface area (Å²) in [6.45, 7) is 3.79. The van der Waals surface area contributed by atoms with Gasteiger partial charge in [-0.2, -0.15) is 5.10 Å². The lowest BCUT2D eigenvalue weighted by Crippen LogP contribution is -2.21. The molecule has 0 saturated carbocycles. The molecule has 10 heteroatoms. The van der Waals surface area contributed by atoms with Gasteiger partial charge in [0.15, 0.2) is 11.0 Å². The Hall–Kier alpha value is -3.33. The van der Waals surface area contributed by atoms with Crippen LogP contribution in [0.25, 0.3) is 17.1 Å². The Kier molecular flexibility index (Phi) is 8.30. The third kappa shape index (κ3) is 6.07. The number of amides is 1. The van der Waals surface area contributed by atoms with Gasteiger partial charge in [-0.05, 0) is 50.2 Å². The SMILES string of the molecule is COc1ccc(-n2c(SCC(=O)N/N=C(\C)c3ccc(Cl)cc3Cl)nnc2-c2ccc(C)cc2)cc1. The molecule has 7 nitrogen and oxygen atoms in total. The molecule has 0 spiro atoms. The molecule has 1 N–H and O–H groups in total. The van der Waals surface area contributed by atoms with Gasteiger partial charge in [-0.25, -0.2) is 5.43 Å². The van der Waals surface area contributed by atoms with Crippen LogP contribution in [0.3, 0.4) is 0 Å². The second-order valence-corrected chi connectivity index (χ2v) is 9.64. The number of hydrogen-bond acceptors (Lipinski definition) is 6. The second-order valence-electron chi connectivity index (χ2n) is 7.85. The fourth-order valence-corrected chi connectivity index (χ4v) is 4.66. The van der Waals surface area contributed by atoms with Gasteiger partial charge >= 0.3 is 0 Å². The molecule has 1 amide bonds. The summed E-state index contributed by atoms with van der Waals surface area (Å²) >= 11 is 13.4. The zero-order valence-corrected chi connectivity index (χ0v) is 22.2. The van der Waals surface area contributed by atoms with Crippen molar-refractivity contribution in [2.24, 2.45) is 5.10 Å². The highest BCUT2D eigenvalue weighted by molar-refractivity contribution is 7.99. The first-order valence-electron chi connectivity index (χ1n) is 10.9. The molecular formula is C26H23Cl2N5O2S. The number of hydrazone groups is 1. The quantitative estimate of drug-likeness (QED) is 0.164. The first-order chi connectivity index (χ1) is 17.4. The molecular weight excluding hydrogens is 517 g/mol. The Balaban J connectivity index is 1.54. The van der Waals surface area contributed by atoms with Crippen molar-refractivity contribution in [3.05, 3.63) is 87.9 Å². The highest BCUT2D eigenvalue weighted by Crippen LogP contribution is 2.29. The Morgan fingerprint density at radius 2 is 1.78 bits per heavy atom. The van der Waals surface area contributed by atoms with E-state index in [0.29, 0.717) is 32.3 Å². The average Bonchev–Trinajstić information content (AvgIpc) is 3.30. The minimum Gasteiger partial charge on any atom is -0.497 e. The number of ether oxygens (including phenoxy) is 1. The van der Waals surface area contributed by atoms with Gasteiger partial charge in [0.05, 0.1) is 23.6 Å². The molecule has 4 aromatic rings. The largest absolute Gasteiger partial charge is 0.497 e. The Labute approximate surface area is 223 Å². The van der Waals surface area contributed by atoms with Crippen LogP contribution < -0.4 is 10.2 Å². The van der Waals surface area contributed by atoms with Gasteiger partial charge in [-0.15, -0.1) is 10.2 Å². The predicted octanol–water partition coefficient (Wildman–Crippen LogP) is 6.19. The number of halogens is 2. The van der Waals surface area contributed by atoms with E-state index in [2.05, 4.69) is 20.7 Å². The van der Waals surface area contributed by atoms with Crippen molar-refractivity contribution < 1.29 is 9.53 Å². The lowest BCUT2D eigenvalue weighted by molar-refractivity contribution is -0.118. The number of methoxy groups -OCH3 is 1. The van der Waals surface area contributed by atoms with Crippen LogP contribution in [0.4, 0.5) is 0 Å². The van der Waals surface area contributed by atoms with Crippen molar-refractivity contribution in [1.29, 1.82) is 0 Å². The molecule has 0 bridgehead atoms. The van der Waals surface area contributed by atoms with Crippen LogP contribution >= 0.6 is 35.0 Å². The number of aryl methyl sites for hydroxylation is 1. The van der Waals surface area contributed by atoms with E-state index < -0.39 is 0 Å². The minimum atomic E-state index is -0.286. The van der Waals surface area contributed by atoms with E-state index in [1.54, 1.807) is 32.2 Å². The topological polar surface area (TPSA) is 81.4 Å². The first-order valence-corrected chi connectivity index (χ1v) is 12.7. The molecule has 184 valence electrons. The monoisotopic (exact) mass is 539 g/mol. The van der Waals surface area contributed by atoms with E-state index in [0.717, 1.165) is 22.6 Å². The van der Waals surface area contributed by atoms with E-state index >= 15 is 0 Å². The zero-order valence-electron chi connectivity index (χ0n) is 19.8. The normalized spacial score (nSPS) is 11.4. The Bertz CT molecular complexity index is 1400. The smallest absolute Gasteiger partial charge is 0.250 e. The van der Waals surface area contributed by atoms with Gasteiger partial charge in [-0.3, -0.25) is 9.36 Å². The van der Waals surface area contributed by atoms with Crippen molar-refractivity contribution in [2.75, 3.05) is 12.9 Å². The summed E-state index contributed by atoms with van der Waals surface area (Å²) in [5.41, 5.74) is 6.75. The average molecular weight is 540 g/mol. The number of benzene rings is 3. The molecule has 36 heavy (non-hydrogen) atoms. The summed E-state index contributed by atoms with van der Waals surface area (Å²) in [5.74, 6) is 1.22. The summed E-state index contributed by atoms with van der Waals surface area (Å²) in [7, 11) is 1.62. The van der Waals surface area contributed by atoms with Crippen molar-refractivity contribution >= 4 is 46.6 Å². The fourth-order valence-electron chi connectivity index (χ4n) is 3.37. The molecule has 0 aliphatic rings. The standard InChI is InChI=1S/C26H23Cl2N5O2S/c1-16-4-6-18(7-5-16)25-31-32-26(33(25)20-9-11-21(35-3)12-10-20)36-15-24(34)30-29-17(2)22-13-8-19(27)14-23(22)28/h4-14H,15H2,1-3H3,(H,30,34)/b29-17+. The molecule has 0 fully saturated rings. The second kappa shape index (κ2) is 11.6. The number of rotatable bonds is 8. The third-order valence-electron chi connectivity index (χ3n) is 5.28. The highest BCUT2D eigenvalue weighted by Gasteiger charge is 2.17. The molecule has 3 aromatic carbocycles. The maximum atomic E-state index is 12.6. The number of nitrogens with zero attached hydrogens (tertiary/aromatic N) is 4. The summed E-state index contributed by atoms with van der Waals surface area (Å²) < 4.78 is 7.21. The van der Waals surface area contributed by atoms with Gasteiger partial charge in [0, 0.05) is 21.8 Å². The number of aromatic nitrogens is 3. The van der Waals surface area contributed by atoms with Crippen molar-refractivity contribution in [3.63, 3.8) is 0 Å². The van der Waals surface area contributed by atoms with Crippen LogP contribution in [-0.2, 0) is 4.79 Å². The van der Waals surface area contributed by atoms with Crippen LogP contribution in [0, 0.1) is 6.92 Å². The molecule has 0 saturated heterocycles. The Morgan fingerprint density at radius 3 is 2.44 bits per heavy atom. The first kappa shape index (κ1) is 25.8. The zero-order chi connectivity index (χ0) is 25.7. The van der Waals surface area contributed by atoms with Crippen LogP contribution in [0.15, 0.2) is 77.0 Å². The van der Waals surface area contributed by atoms with Gasteiger partial charge in [-0.1, -0.05) is 70.9 Å². The lowest BCUT2D eigenvalue weighted by atomic mass is 10.1. The molecule has 0 aliphatic heterocycles. The molecule has 0 unspecified atom stereocenters. The van der Waals surface area contributed by atoms with Crippen molar-refractivity contribution in [2.45, 2.75) is 19.0 Å². The van der Waals surface area contributed by atoms with Gasteiger partial charge in [0.2, 0.25) is 0 Å². The maximum absolute atomic E-state index is 12.6. The van der Waals surface area contributed by atoms with Gasteiger partial charge in [0.25, 0.3) is 5.91 Å². The molecule has 0 atom stereocenters. The van der Waals surface area contributed by atoms with Crippen LogP contribution in [0.1, 0.15) is 18.1 Å². The summed E-state index contributed by atoms with van der Waals surface area (Å²) in [6.07, 6.45) is 0. The van der Waals surface area contributed by atoms with Crippen LogP contribution in [-0.4, -0.2) is 39.2 Å². The van der Waals surface area contributed by atoms with E-state index in [1.165, 1.54) is 11.8 Å². The minimum absolute atomic E-state index is 0.0906. The summed E-state index contributed by atoms with van der Waals surface area (Å²) in [5, 5.41) is 14.5. The lowest BCUT2D eigenvalue weighted by Gasteiger charge is -2.11. The van der Waals surface area contributed by atoms with Gasteiger partial charge < -0.3 is 4.74 Å². The van der Waals surface area contributed by atoms with E-state index in [4.69, 9.17) is 27.9 Å². The Morgan fingerprint density at radius 1 is 1.06 bits per heavy atom. The van der Waals surface area contributed by atoms with Crippen LogP contribution in [0.5, 0.6) is 5.75 Å². The van der Waals surface area contributed by atoms with E-state index in [-0.39, 0.29) is 11.7 Å². The highest BCUT2D eigenvalue weighted by atomic mass is 35.5. The molecule has 4 rings (SSSR count). The molecule has 1 aromatic heterocycles. The number of nitrogens with one attached hydrogen (secondary N) is 1. The summed E-state index contributed by atoms with van der Waals surface area (Å²) in [4.78, 5) is 12.6.